The lowest BCUT2D eigenvalue weighted by atomic mass is 10.4. The van der Waals surface area contributed by atoms with Gasteiger partial charge >= 0.3 is 0 Å². The third kappa shape index (κ3) is 2.79. The van der Waals surface area contributed by atoms with E-state index >= 15 is 0 Å². The predicted octanol–water partition coefficient (Wildman–Crippen LogP) is 2.14. The number of H-pyrrole nitrogens is 1. The van der Waals surface area contributed by atoms with E-state index in [-0.39, 0.29) is 0 Å². The molecule has 0 unspecified atom stereocenters. The van der Waals surface area contributed by atoms with Crippen LogP contribution in [0.3, 0.4) is 0 Å². The van der Waals surface area contributed by atoms with Gasteiger partial charge in [0.15, 0.2) is 0 Å². The highest BCUT2D eigenvalue weighted by molar-refractivity contribution is 9.10. The quantitative estimate of drug-likeness (QED) is 0.843. The van der Waals surface area contributed by atoms with E-state index in [1.165, 1.54) is 0 Å². The Labute approximate surface area is 102 Å². The lowest BCUT2D eigenvalue weighted by Crippen LogP contribution is -2.04. The van der Waals surface area contributed by atoms with Crippen LogP contribution in [0, 0.1) is 0 Å². The van der Waals surface area contributed by atoms with E-state index in [2.05, 4.69) is 41.2 Å². The maximum atomic E-state index is 4.36. The zero-order valence-electron chi connectivity index (χ0n) is 8.87. The van der Waals surface area contributed by atoms with Crippen molar-refractivity contribution in [3.05, 3.63) is 34.7 Å². The third-order valence-corrected chi connectivity index (χ3v) is 2.48. The second-order valence-corrected chi connectivity index (χ2v) is 4.09. The molecule has 2 N–H and O–H groups in total. The fourth-order valence-corrected chi connectivity index (χ4v) is 1.70. The first-order valence-electron chi connectivity index (χ1n) is 5.02. The smallest absolute Gasteiger partial charge is 0.131 e. The maximum Gasteiger partial charge on any atom is 0.131 e. The molecule has 2 aromatic heterocycles. The number of hydrogen-bond acceptors (Lipinski definition) is 4. The van der Waals surface area contributed by atoms with Gasteiger partial charge in [-0.25, -0.2) is 15.0 Å². The van der Waals surface area contributed by atoms with Gasteiger partial charge in [0, 0.05) is 18.7 Å². The van der Waals surface area contributed by atoms with Crippen molar-refractivity contribution in [3.8, 4) is 0 Å². The predicted molar refractivity (Wildman–Crippen MR) is 65.0 cm³/mol. The number of nitrogens with one attached hydrogen (secondary N) is 2. The summed E-state index contributed by atoms with van der Waals surface area (Å²) in [6.45, 7) is 2.70. The van der Waals surface area contributed by atoms with Crippen molar-refractivity contribution in [2.45, 2.75) is 19.9 Å². The van der Waals surface area contributed by atoms with Gasteiger partial charge in [0.25, 0.3) is 0 Å². The molecule has 16 heavy (non-hydrogen) atoms. The summed E-state index contributed by atoms with van der Waals surface area (Å²) in [5.41, 5.74) is 1.02. The van der Waals surface area contributed by atoms with Crippen LogP contribution >= 0.6 is 15.9 Å². The van der Waals surface area contributed by atoms with E-state index < -0.39 is 0 Å². The fourth-order valence-electron chi connectivity index (χ4n) is 1.28. The van der Waals surface area contributed by atoms with Crippen LogP contribution in [-0.4, -0.2) is 19.9 Å². The molecule has 0 amide bonds. The van der Waals surface area contributed by atoms with Crippen LogP contribution in [0.4, 0.5) is 5.82 Å². The molecule has 5 nitrogen and oxygen atoms in total. The van der Waals surface area contributed by atoms with Crippen molar-refractivity contribution in [2.75, 3.05) is 5.32 Å². The van der Waals surface area contributed by atoms with Gasteiger partial charge in [-0.3, -0.25) is 0 Å². The first-order chi connectivity index (χ1) is 7.78. The second-order valence-electron chi connectivity index (χ2n) is 3.28. The SMILES string of the molecule is CCc1nc(Br)cc(NCc2cnc[nH]2)n1. The summed E-state index contributed by atoms with van der Waals surface area (Å²) >= 11 is 3.36. The molecule has 0 aliphatic carbocycles. The van der Waals surface area contributed by atoms with Crippen LogP contribution < -0.4 is 5.32 Å². The summed E-state index contributed by atoms with van der Waals surface area (Å²) in [5.74, 6) is 1.63. The highest BCUT2D eigenvalue weighted by Gasteiger charge is 2.01. The van der Waals surface area contributed by atoms with Gasteiger partial charge in [-0.2, -0.15) is 0 Å². The van der Waals surface area contributed by atoms with Crippen LogP contribution in [0.1, 0.15) is 18.4 Å². The molecule has 0 spiro atoms. The van der Waals surface area contributed by atoms with Crippen LogP contribution in [0.25, 0.3) is 0 Å². The van der Waals surface area contributed by atoms with E-state index in [9.17, 15) is 0 Å². The molecule has 0 saturated heterocycles. The molecule has 0 aromatic carbocycles. The zero-order chi connectivity index (χ0) is 11.4. The molecule has 84 valence electrons. The minimum Gasteiger partial charge on any atom is -0.364 e. The Balaban J connectivity index is 2.06. The lowest BCUT2D eigenvalue weighted by Gasteiger charge is -2.05. The Bertz CT molecular complexity index is 454. The van der Waals surface area contributed by atoms with Crippen molar-refractivity contribution in [3.63, 3.8) is 0 Å². The summed E-state index contributed by atoms with van der Waals surface area (Å²) in [5, 5.41) is 3.21. The topological polar surface area (TPSA) is 66.5 Å². The molecular weight excluding hydrogens is 270 g/mol. The largest absolute Gasteiger partial charge is 0.364 e. The Morgan fingerprint density at radius 3 is 3.00 bits per heavy atom. The summed E-state index contributed by atoms with van der Waals surface area (Å²) in [6.07, 6.45) is 4.26. The molecule has 0 bridgehead atoms. The number of aromatic amines is 1. The molecule has 0 aliphatic heterocycles. The summed E-state index contributed by atoms with van der Waals surface area (Å²) in [7, 11) is 0. The number of halogens is 1. The van der Waals surface area contributed by atoms with E-state index in [0.29, 0.717) is 6.54 Å². The van der Waals surface area contributed by atoms with Gasteiger partial charge in [0.2, 0.25) is 0 Å². The van der Waals surface area contributed by atoms with E-state index in [1.54, 1.807) is 12.5 Å². The molecule has 2 heterocycles. The van der Waals surface area contributed by atoms with Crippen LogP contribution in [0.5, 0.6) is 0 Å². The molecule has 0 atom stereocenters. The monoisotopic (exact) mass is 281 g/mol. The van der Waals surface area contributed by atoms with E-state index in [4.69, 9.17) is 0 Å². The molecule has 6 heteroatoms. The van der Waals surface area contributed by atoms with Crippen molar-refractivity contribution in [1.29, 1.82) is 0 Å². The van der Waals surface area contributed by atoms with Gasteiger partial charge in [-0.05, 0) is 15.9 Å². The number of hydrogen-bond donors (Lipinski definition) is 2. The van der Waals surface area contributed by atoms with Gasteiger partial charge in [-0.1, -0.05) is 6.92 Å². The standard InChI is InChI=1S/C10H12BrN5/c1-2-9-15-8(11)3-10(16-9)13-5-7-4-12-6-14-7/h3-4,6H,2,5H2,1H3,(H,12,14)(H,13,15,16). The first kappa shape index (κ1) is 11.1. The molecule has 0 radical (unpaired) electrons. The van der Waals surface area contributed by atoms with Crippen molar-refractivity contribution >= 4 is 21.7 Å². The van der Waals surface area contributed by atoms with Crippen LogP contribution in [-0.2, 0) is 13.0 Å². The van der Waals surface area contributed by atoms with Gasteiger partial charge < -0.3 is 10.3 Å². The third-order valence-electron chi connectivity index (χ3n) is 2.07. The van der Waals surface area contributed by atoms with E-state index in [0.717, 1.165) is 28.4 Å². The maximum absolute atomic E-state index is 4.36. The molecule has 0 aliphatic rings. The van der Waals surface area contributed by atoms with Gasteiger partial charge in [0.1, 0.15) is 16.2 Å². The van der Waals surface area contributed by atoms with Crippen LogP contribution in [0.2, 0.25) is 0 Å². The first-order valence-corrected chi connectivity index (χ1v) is 5.82. The van der Waals surface area contributed by atoms with E-state index in [1.807, 2.05) is 13.0 Å². The normalized spacial score (nSPS) is 10.4. The van der Waals surface area contributed by atoms with Crippen molar-refractivity contribution < 1.29 is 0 Å². The number of nitrogens with zero attached hydrogens (tertiary/aromatic N) is 3. The minimum absolute atomic E-state index is 0.673. The summed E-state index contributed by atoms with van der Waals surface area (Å²) in [4.78, 5) is 15.6. The number of aromatic nitrogens is 4. The number of aryl methyl sites for hydroxylation is 1. The zero-order valence-corrected chi connectivity index (χ0v) is 10.5. The fraction of sp³-hybridized carbons (Fsp3) is 0.300. The molecular formula is C10H12BrN5. The summed E-state index contributed by atoms with van der Waals surface area (Å²) < 4.78 is 0.798. The highest BCUT2D eigenvalue weighted by atomic mass is 79.9. The van der Waals surface area contributed by atoms with Gasteiger partial charge in [0.05, 0.1) is 18.6 Å². The number of rotatable bonds is 4. The van der Waals surface area contributed by atoms with Crippen LogP contribution in [0.15, 0.2) is 23.2 Å². The summed E-state index contributed by atoms with van der Waals surface area (Å²) in [6, 6.07) is 1.86. The van der Waals surface area contributed by atoms with Crippen molar-refractivity contribution in [1.82, 2.24) is 19.9 Å². The minimum atomic E-state index is 0.673. The highest BCUT2D eigenvalue weighted by Crippen LogP contribution is 2.13. The van der Waals surface area contributed by atoms with Crippen molar-refractivity contribution in [2.24, 2.45) is 0 Å². The molecule has 0 saturated carbocycles. The average molecular weight is 282 g/mol. The van der Waals surface area contributed by atoms with Gasteiger partial charge in [-0.15, -0.1) is 0 Å². The number of imidazole rings is 1. The second kappa shape index (κ2) is 5.07. The Morgan fingerprint density at radius 1 is 1.44 bits per heavy atom. The Hall–Kier alpha value is -1.43. The molecule has 2 aromatic rings. The average Bonchev–Trinajstić information content (AvgIpc) is 2.78. The molecule has 0 fully saturated rings. The molecule has 2 rings (SSSR count). The Morgan fingerprint density at radius 2 is 2.31 bits per heavy atom. The Kier molecular flexibility index (Phi) is 3.51. The number of anilines is 1. The lowest BCUT2D eigenvalue weighted by molar-refractivity contribution is 0.918.